The molecule has 0 N–H and O–H groups in total. The number of hydrogen-bond donors (Lipinski definition) is 0. The second-order valence-electron chi connectivity index (χ2n) is 4.80. The Balaban J connectivity index is 1.88. The van der Waals surface area contributed by atoms with E-state index in [1.807, 2.05) is 18.2 Å². The molecule has 1 aliphatic heterocycles. The van der Waals surface area contributed by atoms with Crippen LogP contribution in [-0.4, -0.2) is 22.3 Å². The first kappa shape index (κ1) is 12.8. The summed E-state index contributed by atoms with van der Waals surface area (Å²) in [6.07, 6.45) is 5.03. The SMILES string of the molecule is O=c1c2cccc(Br)c2ncn1CC[C@@H]1CCCO1. The predicted octanol–water partition coefficient (Wildman–Crippen LogP) is 2.73. The third-order valence-electron chi connectivity index (χ3n) is 3.52. The van der Waals surface area contributed by atoms with Gasteiger partial charge in [0.2, 0.25) is 0 Å². The highest BCUT2D eigenvalue weighted by molar-refractivity contribution is 9.10. The van der Waals surface area contributed by atoms with E-state index < -0.39 is 0 Å². The van der Waals surface area contributed by atoms with Crippen LogP contribution in [0.5, 0.6) is 0 Å². The minimum atomic E-state index is 0.0179. The van der Waals surface area contributed by atoms with Crippen LogP contribution in [-0.2, 0) is 11.3 Å². The van der Waals surface area contributed by atoms with E-state index in [0.29, 0.717) is 18.0 Å². The molecule has 1 aromatic carbocycles. The molecule has 1 aliphatic rings. The van der Waals surface area contributed by atoms with Gasteiger partial charge in [0, 0.05) is 17.6 Å². The van der Waals surface area contributed by atoms with Crippen LogP contribution < -0.4 is 5.56 Å². The average molecular weight is 323 g/mol. The second kappa shape index (κ2) is 5.43. The quantitative estimate of drug-likeness (QED) is 0.872. The molecule has 1 aromatic heterocycles. The molecule has 0 radical (unpaired) electrons. The molecule has 0 amide bonds. The fourth-order valence-electron chi connectivity index (χ4n) is 2.47. The Hall–Kier alpha value is -1.20. The molecule has 1 fully saturated rings. The van der Waals surface area contributed by atoms with Gasteiger partial charge in [-0.05, 0) is 47.3 Å². The molecule has 0 saturated carbocycles. The highest BCUT2D eigenvalue weighted by atomic mass is 79.9. The fourth-order valence-corrected chi connectivity index (χ4v) is 2.94. The molecule has 1 atom stereocenters. The molecule has 0 spiro atoms. The van der Waals surface area contributed by atoms with Crippen molar-refractivity contribution in [1.82, 2.24) is 9.55 Å². The van der Waals surface area contributed by atoms with Crippen LogP contribution in [0.3, 0.4) is 0 Å². The van der Waals surface area contributed by atoms with Crippen molar-refractivity contribution in [1.29, 1.82) is 0 Å². The van der Waals surface area contributed by atoms with Gasteiger partial charge in [0.05, 0.1) is 23.3 Å². The van der Waals surface area contributed by atoms with Crippen LogP contribution in [0.25, 0.3) is 10.9 Å². The molecule has 1 saturated heterocycles. The molecule has 100 valence electrons. The van der Waals surface area contributed by atoms with E-state index in [2.05, 4.69) is 20.9 Å². The first-order chi connectivity index (χ1) is 9.25. The number of benzene rings is 1. The standard InChI is InChI=1S/C14H15BrN2O2/c15-12-5-1-4-11-13(12)16-9-17(14(11)18)7-6-10-3-2-8-19-10/h1,4-5,9-10H,2-3,6-8H2/t10-/m0/s1. The highest BCUT2D eigenvalue weighted by Crippen LogP contribution is 2.19. The van der Waals surface area contributed by atoms with Crippen LogP contribution in [0.2, 0.25) is 0 Å². The van der Waals surface area contributed by atoms with Crippen LogP contribution in [0.1, 0.15) is 19.3 Å². The first-order valence-electron chi connectivity index (χ1n) is 6.51. The zero-order valence-electron chi connectivity index (χ0n) is 10.5. The van der Waals surface area contributed by atoms with Crippen molar-refractivity contribution >= 4 is 26.8 Å². The molecule has 3 rings (SSSR count). The van der Waals surface area contributed by atoms with E-state index in [4.69, 9.17) is 4.74 Å². The maximum atomic E-state index is 12.3. The van der Waals surface area contributed by atoms with Gasteiger partial charge < -0.3 is 4.74 Å². The smallest absolute Gasteiger partial charge is 0.261 e. The van der Waals surface area contributed by atoms with Gasteiger partial charge in [-0.1, -0.05) is 6.07 Å². The number of fused-ring (bicyclic) bond motifs is 1. The first-order valence-corrected chi connectivity index (χ1v) is 7.30. The molecular weight excluding hydrogens is 308 g/mol. The van der Waals surface area contributed by atoms with Crippen LogP contribution in [0.15, 0.2) is 33.8 Å². The van der Waals surface area contributed by atoms with Crippen molar-refractivity contribution in [2.75, 3.05) is 6.61 Å². The summed E-state index contributed by atoms with van der Waals surface area (Å²) < 4.78 is 8.11. The van der Waals surface area contributed by atoms with E-state index >= 15 is 0 Å². The van der Waals surface area contributed by atoms with Crippen LogP contribution in [0.4, 0.5) is 0 Å². The summed E-state index contributed by atoms with van der Waals surface area (Å²) in [5, 5.41) is 0.657. The summed E-state index contributed by atoms with van der Waals surface area (Å²) in [5.41, 5.74) is 0.741. The summed E-state index contributed by atoms with van der Waals surface area (Å²) in [4.78, 5) is 16.7. The van der Waals surface area contributed by atoms with E-state index in [1.165, 1.54) is 0 Å². The van der Waals surface area contributed by atoms with Gasteiger partial charge in [0.25, 0.3) is 5.56 Å². The van der Waals surface area contributed by atoms with Crippen molar-refractivity contribution < 1.29 is 4.74 Å². The summed E-state index contributed by atoms with van der Waals surface area (Å²) >= 11 is 3.42. The number of para-hydroxylation sites is 1. The molecule has 19 heavy (non-hydrogen) atoms. The Morgan fingerprint density at radius 1 is 1.47 bits per heavy atom. The number of halogens is 1. The Kier molecular flexibility index (Phi) is 3.66. The maximum absolute atomic E-state index is 12.3. The number of rotatable bonds is 3. The van der Waals surface area contributed by atoms with Gasteiger partial charge in [-0.2, -0.15) is 0 Å². The normalized spacial score (nSPS) is 19.1. The molecule has 0 unspecified atom stereocenters. The van der Waals surface area contributed by atoms with Crippen molar-refractivity contribution in [3.63, 3.8) is 0 Å². The van der Waals surface area contributed by atoms with E-state index in [9.17, 15) is 4.79 Å². The average Bonchev–Trinajstić information content (AvgIpc) is 2.92. The van der Waals surface area contributed by atoms with Gasteiger partial charge in [0.1, 0.15) is 0 Å². The lowest BCUT2D eigenvalue weighted by Gasteiger charge is -2.11. The van der Waals surface area contributed by atoms with Crippen molar-refractivity contribution in [2.45, 2.75) is 31.9 Å². The summed E-state index contributed by atoms with van der Waals surface area (Å²) in [6.45, 7) is 1.52. The Morgan fingerprint density at radius 2 is 2.37 bits per heavy atom. The van der Waals surface area contributed by atoms with Gasteiger partial charge in [-0.25, -0.2) is 4.98 Å². The Bertz CT molecular complexity index is 647. The van der Waals surface area contributed by atoms with Crippen molar-refractivity contribution in [3.8, 4) is 0 Å². The van der Waals surface area contributed by atoms with Crippen molar-refractivity contribution in [3.05, 3.63) is 39.4 Å². The minimum absolute atomic E-state index is 0.0179. The fraction of sp³-hybridized carbons (Fsp3) is 0.429. The number of hydrogen-bond acceptors (Lipinski definition) is 3. The Morgan fingerprint density at radius 3 is 3.16 bits per heavy atom. The van der Waals surface area contributed by atoms with Gasteiger partial charge in [-0.3, -0.25) is 9.36 Å². The number of ether oxygens (including phenoxy) is 1. The summed E-state index contributed by atoms with van der Waals surface area (Å²) in [6, 6.07) is 5.57. The Labute approximate surface area is 119 Å². The van der Waals surface area contributed by atoms with Gasteiger partial charge in [-0.15, -0.1) is 0 Å². The molecule has 2 heterocycles. The summed E-state index contributed by atoms with van der Waals surface area (Å²) in [5.74, 6) is 0. The van der Waals surface area contributed by atoms with Gasteiger partial charge in [0.15, 0.2) is 0 Å². The third kappa shape index (κ3) is 2.58. The monoisotopic (exact) mass is 322 g/mol. The van der Waals surface area contributed by atoms with Crippen LogP contribution >= 0.6 is 15.9 Å². The highest BCUT2D eigenvalue weighted by Gasteiger charge is 2.15. The molecule has 2 aromatic rings. The lowest BCUT2D eigenvalue weighted by atomic mass is 10.2. The molecule has 4 nitrogen and oxygen atoms in total. The maximum Gasteiger partial charge on any atom is 0.261 e. The molecule has 5 heteroatoms. The second-order valence-corrected chi connectivity index (χ2v) is 5.66. The lowest BCUT2D eigenvalue weighted by molar-refractivity contribution is 0.100. The lowest BCUT2D eigenvalue weighted by Crippen LogP contribution is -2.23. The van der Waals surface area contributed by atoms with E-state index in [0.717, 1.165) is 35.9 Å². The minimum Gasteiger partial charge on any atom is -0.378 e. The van der Waals surface area contributed by atoms with Crippen molar-refractivity contribution in [2.24, 2.45) is 0 Å². The van der Waals surface area contributed by atoms with Crippen LogP contribution in [0, 0.1) is 0 Å². The van der Waals surface area contributed by atoms with E-state index in [-0.39, 0.29) is 5.56 Å². The molecule has 0 aliphatic carbocycles. The third-order valence-corrected chi connectivity index (χ3v) is 4.16. The zero-order valence-corrected chi connectivity index (χ0v) is 12.1. The topological polar surface area (TPSA) is 44.1 Å². The summed E-state index contributed by atoms with van der Waals surface area (Å²) in [7, 11) is 0. The number of nitrogens with zero attached hydrogens (tertiary/aromatic N) is 2. The van der Waals surface area contributed by atoms with Gasteiger partial charge >= 0.3 is 0 Å². The predicted molar refractivity (Wildman–Crippen MR) is 77.3 cm³/mol. The van der Waals surface area contributed by atoms with E-state index in [1.54, 1.807) is 10.9 Å². The largest absolute Gasteiger partial charge is 0.378 e. The number of aromatic nitrogens is 2. The molecule has 0 bridgehead atoms. The molecular formula is C14H15BrN2O2. The number of aryl methyl sites for hydroxylation is 1. The zero-order chi connectivity index (χ0) is 13.2.